The van der Waals surface area contributed by atoms with Crippen molar-refractivity contribution in [1.82, 2.24) is 10.6 Å². The number of carbonyl (C=O) groups is 1. The Labute approximate surface area is 122 Å². The molecular formula is C14H19N3O4. The van der Waals surface area contributed by atoms with Crippen LogP contribution in [0.15, 0.2) is 18.2 Å². The van der Waals surface area contributed by atoms with Crippen molar-refractivity contribution in [2.45, 2.75) is 18.9 Å². The quantitative estimate of drug-likeness (QED) is 0.609. The zero-order chi connectivity index (χ0) is 15.4. The highest BCUT2D eigenvalue weighted by Crippen LogP contribution is 2.35. The molecule has 1 aliphatic rings. The lowest BCUT2D eigenvalue weighted by molar-refractivity contribution is -0.386. The van der Waals surface area contributed by atoms with Gasteiger partial charge in [-0.1, -0.05) is 0 Å². The molecule has 0 heterocycles. The number of nitrogens with zero attached hydrogens (tertiary/aromatic N) is 1. The SMILES string of the molecule is CNCC1CC(Oc2cc(C(=O)NC)ccc2[N+](=O)[O-])C1. The first-order chi connectivity index (χ1) is 10.0. The maximum Gasteiger partial charge on any atom is 0.310 e. The average Bonchev–Trinajstić information content (AvgIpc) is 2.43. The van der Waals surface area contributed by atoms with Gasteiger partial charge in [-0.3, -0.25) is 14.9 Å². The fourth-order valence-electron chi connectivity index (χ4n) is 2.45. The summed E-state index contributed by atoms with van der Waals surface area (Å²) in [4.78, 5) is 22.2. The Kier molecular flexibility index (Phi) is 4.74. The molecule has 21 heavy (non-hydrogen) atoms. The molecule has 0 saturated heterocycles. The highest BCUT2D eigenvalue weighted by molar-refractivity contribution is 5.94. The maximum absolute atomic E-state index is 11.6. The molecule has 1 fully saturated rings. The molecule has 7 heteroatoms. The van der Waals surface area contributed by atoms with E-state index in [0.29, 0.717) is 11.5 Å². The number of nitro benzene ring substituents is 1. The topological polar surface area (TPSA) is 93.5 Å². The number of hydrogen-bond acceptors (Lipinski definition) is 5. The van der Waals surface area contributed by atoms with Crippen molar-refractivity contribution in [2.24, 2.45) is 5.92 Å². The van der Waals surface area contributed by atoms with Gasteiger partial charge in [-0.15, -0.1) is 0 Å². The van der Waals surface area contributed by atoms with Crippen LogP contribution in [-0.4, -0.2) is 37.6 Å². The highest BCUT2D eigenvalue weighted by atomic mass is 16.6. The van der Waals surface area contributed by atoms with E-state index in [1.165, 1.54) is 25.2 Å². The molecule has 1 aromatic carbocycles. The molecule has 1 saturated carbocycles. The van der Waals surface area contributed by atoms with Crippen molar-refractivity contribution in [3.05, 3.63) is 33.9 Å². The summed E-state index contributed by atoms with van der Waals surface area (Å²) in [6.45, 7) is 0.917. The van der Waals surface area contributed by atoms with Crippen molar-refractivity contribution >= 4 is 11.6 Å². The maximum atomic E-state index is 11.6. The van der Waals surface area contributed by atoms with Crippen molar-refractivity contribution in [1.29, 1.82) is 0 Å². The summed E-state index contributed by atoms with van der Waals surface area (Å²) >= 11 is 0. The van der Waals surface area contributed by atoms with E-state index < -0.39 is 4.92 Å². The van der Waals surface area contributed by atoms with Crippen LogP contribution in [0.3, 0.4) is 0 Å². The van der Waals surface area contributed by atoms with Crippen LogP contribution in [0.1, 0.15) is 23.2 Å². The first-order valence-electron chi connectivity index (χ1n) is 6.87. The molecule has 0 atom stereocenters. The third-order valence-corrected chi connectivity index (χ3v) is 3.62. The summed E-state index contributed by atoms with van der Waals surface area (Å²) in [5.41, 5.74) is 0.240. The van der Waals surface area contributed by atoms with Gasteiger partial charge in [-0.25, -0.2) is 0 Å². The van der Waals surface area contributed by atoms with Crippen LogP contribution in [-0.2, 0) is 0 Å². The van der Waals surface area contributed by atoms with E-state index in [4.69, 9.17) is 4.74 Å². The third kappa shape index (κ3) is 3.49. The first kappa shape index (κ1) is 15.2. The monoisotopic (exact) mass is 293 g/mol. The molecule has 0 unspecified atom stereocenters. The van der Waals surface area contributed by atoms with E-state index in [9.17, 15) is 14.9 Å². The minimum Gasteiger partial charge on any atom is -0.483 e. The van der Waals surface area contributed by atoms with E-state index in [1.54, 1.807) is 0 Å². The Balaban J connectivity index is 2.12. The molecule has 0 aromatic heterocycles. The van der Waals surface area contributed by atoms with Gasteiger partial charge in [0.1, 0.15) is 0 Å². The molecule has 0 radical (unpaired) electrons. The highest BCUT2D eigenvalue weighted by Gasteiger charge is 2.32. The fourth-order valence-corrected chi connectivity index (χ4v) is 2.45. The molecule has 0 bridgehead atoms. The predicted octanol–water partition coefficient (Wildman–Crippen LogP) is 1.33. The fraction of sp³-hybridized carbons (Fsp3) is 0.500. The van der Waals surface area contributed by atoms with Gasteiger partial charge in [-0.2, -0.15) is 0 Å². The number of carbonyl (C=O) groups excluding carboxylic acids is 1. The van der Waals surface area contributed by atoms with Gasteiger partial charge in [0.2, 0.25) is 0 Å². The minimum absolute atomic E-state index is 0.0259. The third-order valence-electron chi connectivity index (χ3n) is 3.62. The Bertz CT molecular complexity index is 541. The Hall–Kier alpha value is -2.15. The number of amides is 1. The summed E-state index contributed by atoms with van der Waals surface area (Å²) in [5.74, 6) is 0.409. The van der Waals surface area contributed by atoms with Crippen LogP contribution < -0.4 is 15.4 Å². The van der Waals surface area contributed by atoms with Crippen LogP contribution >= 0.6 is 0 Å². The minimum atomic E-state index is -0.493. The van der Waals surface area contributed by atoms with Gasteiger partial charge in [-0.05, 0) is 38.4 Å². The summed E-state index contributed by atoms with van der Waals surface area (Å²) < 4.78 is 5.71. The Morgan fingerprint density at radius 3 is 2.71 bits per heavy atom. The normalized spacial score (nSPS) is 20.5. The van der Waals surface area contributed by atoms with E-state index in [0.717, 1.165) is 19.4 Å². The van der Waals surface area contributed by atoms with Crippen molar-refractivity contribution in [3.63, 3.8) is 0 Å². The van der Waals surface area contributed by atoms with Crippen molar-refractivity contribution in [2.75, 3.05) is 20.6 Å². The van der Waals surface area contributed by atoms with Gasteiger partial charge in [0.25, 0.3) is 5.91 Å². The molecule has 2 rings (SSSR count). The van der Waals surface area contributed by atoms with E-state index in [1.807, 2.05) is 7.05 Å². The second kappa shape index (κ2) is 6.53. The smallest absolute Gasteiger partial charge is 0.310 e. The molecule has 1 aliphatic carbocycles. The number of ether oxygens (including phenoxy) is 1. The van der Waals surface area contributed by atoms with Crippen LogP contribution in [0.2, 0.25) is 0 Å². The van der Waals surface area contributed by atoms with Gasteiger partial charge >= 0.3 is 5.69 Å². The average molecular weight is 293 g/mol. The van der Waals surface area contributed by atoms with Crippen LogP contribution in [0.4, 0.5) is 5.69 Å². The summed E-state index contributed by atoms with van der Waals surface area (Å²) in [6, 6.07) is 4.17. The summed E-state index contributed by atoms with van der Waals surface area (Å²) in [7, 11) is 3.41. The van der Waals surface area contributed by atoms with Crippen LogP contribution in [0, 0.1) is 16.0 Å². The van der Waals surface area contributed by atoms with Gasteiger partial charge in [0.15, 0.2) is 5.75 Å². The summed E-state index contributed by atoms with van der Waals surface area (Å²) in [6.07, 6.45) is 1.70. The predicted molar refractivity (Wildman–Crippen MR) is 77.6 cm³/mol. The molecule has 114 valence electrons. The first-order valence-corrected chi connectivity index (χ1v) is 6.87. The molecule has 2 N–H and O–H groups in total. The number of rotatable bonds is 6. The molecular weight excluding hydrogens is 274 g/mol. The summed E-state index contributed by atoms with van der Waals surface area (Å²) in [5, 5.41) is 16.6. The standard InChI is InChI=1S/C14H19N3O4/c1-15-8-9-5-11(6-9)21-13-7-10(14(18)16-2)3-4-12(13)17(19)20/h3-4,7,9,11,15H,5-6,8H2,1-2H3,(H,16,18). The lowest BCUT2D eigenvalue weighted by atomic mass is 9.82. The second-order valence-corrected chi connectivity index (χ2v) is 5.15. The van der Waals surface area contributed by atoms with Crippen molar-refractivity contribution < 1.29 is 14.5 Å². The Morgan fingerprint density at radius 1 is 1.43 bits per heavy atom. The van der Waals surface area contributed by atoms with Gasteiger partial charge in [0, 0.05) is 24.7 Å². The van der Waals surface area contributed by atoms with E-state index >= 15 is 0 Å². The van der Waals surface area contributed by atoms with Gasteiger partial charge < -0.3 is 15.4 Å². The molecule has 1 aromatic rings. The van der Waals surface area contributed by atoms with E-state index in [2.05, 4.69) is 10.6 Å². The number of benzene rings is 1. The van der Waals surface area contributed by atoms with Gasteiger partial charge in [0.05, 0.1) is 11.0 Å². The molecule has 1 amide bonds. The number of nitro groups is 1. The largest absolute Gasteiger partial charge is 0.483 e. The van der Waals surface area contributed by atoms with E-state index in [-0.39, 0.29) is 23.4 Å². The molecule has 7 nitrogen and oxygen atoms in total. The lowest BCUT2D eigenvalue weighted by Crippen LogP contribution is -2.38. The second-order valence-electron chi connectivity index (χ2n) is 5.15. The zero-order valence-corrected chi connectivity index (χ0v) is 12.1. The van der Waals surface area contributed by atoms with Crippen LogP contribution in [0.5, 0.6) is 5.75 Å². The molecule has 0 spiro atoms. The lowest BCUT2D eigenvalue weighted by Gasteiger charge is -2.35. The molecule has 0 aliphatic heterocycles. The van der Waals surface area contributed by atoms with Crippen molar-refractivity contribution in [3.8, 4) is 5.75 Å². The Morgan fingerprint density at radius 2 is 2.14 bits per heavy atom. The number of hydrogen-bond donors (Lipinski definition) is 2. The zero-order valence-electron chi connectivity index (χ0n) is 12.1. The van der Waals surface area contributed by atoms with Crippen LogP contribution in [0.25, 0.3) is 0 Å². The number of nitrogens with one attached hydrogen (secondary N) is 2.